The molecule has 24 heavy (non-hydrogen) atoms. The lowest BCUT2D eigenvalue weighted by Crippen LogP contribution is -2.44. The molecule has 0 atom stereocenters. The molecule has 2 aromatic rings. The van der Waals surface area contributed by atoms with Crippen LogP contribution in [0.25, 0.3) is 0 Å². The van der Waals surface area contributed by atoms with E-state index in [0.717, 1.165) is 12.0 Å². The third-order valence-electron chi connectivity index (χ3n) is 3.22. The number of rotatable bonds is 5. The molecule has 0 heterocycles. The number of aryl methyl sites for hydroxylation is 1. The third kappa shape index (κ3) is 4.63. The van der Waals surface area contributed by atoms with Crippen molar-refractivity contribution in [1.82, 2.24) is 10.9 Å². The van der Waals surface area contributed by atoms with Gasteiger partial charge in [0.05, 0.1) is 15.6 Å². The van der Waals surface area contributed by atoms with Crippen molar-refractivity contribution >= 4 is 35.0 Å². The summed E-state index contributed by atoms with van der Waals surface area (Å²) < 4.78 is 5.46. The van der Waals surface area contributed by atoms with Crippen molar-refractivity contribution in [3.8, 4) is 5.75 Å². The van der Waals surface area contributed by atoms with Crippen LogP contribution >= 0.6 is 23.2 Å². The molecule has 0 bridgehead atoms. The molecular weight excluding hydrogens is 351 g/mol. The fraction of sp³-hybridized carbons (Fsp3) is 0.176. The average Bonchev–Trinajstić information content (AvgIpc) is 2.58. The number of halogens is 2. The van der Waals surface area contributed by atoms with Gasteiger partial charge < -0.3 is 4.74 Å². The van der Waals surface area contributed by atoms with Crippen LogP contribution in [0.2, 0.25) is 10.0 Å². The van der Waals surface area contributed by atoms with E-state index in [1.54, 1.807) is 12.1 Å². The van der Waals surface area contributed by atoms with Gasteiger partial charge in [-0.05, 0) is 30.2 Å². The molecular formula is C17H16Cl2N2O3. The molecule has 2 amide bonds. The van der Waals surface area contributed by atoms with Gasteiger partial charge in [-0.15, -0.1) is 0 Å². The Labute approximate surface area is 149 Å². The van der Waals surface area contributed by atoms with E-state index in [9.17, 15) is 9.59 Å². The first-order valence-electron chi connectivity index (χ1n) is 7.26. The van der Waals surface area contributed by atoms with Crippen LogP contribution in [-0.4, -0.2) is 18.4 Å². The first-order chi connectivity index (χ1) is 11.5. The molecule has 0 aliphatic rings. The second kappa shape index (κ2) is 8.57. The van der Waals surface area contributed by atoms with Crippen LogP contribution in [0.1, 0.15) is 22.8 Å². The predicted octanol–water partition coefficient (Wildman–Crippen LogP) is 3.40. The Kier molecular flexibility index (Phi) is 6.46. The molecule has 0 aliphatic heterocycles. The van der Waals surface area contributed by atoms with Crippen molar-refractivity contribution < 1.29 is 14.3 Å². The summed E-state index contributed by atoms with van der Waals surface area (Å²) in [6.45, 7) is 1.77. The van der Waals surface area contributed by atoms with Crippen molar-refractivity contribution in [2.45, 2.75) is 13.3 Å². The Hall–Kier alpha value is -2.24. The first-order valence-corrected chi connectivity index (χ1v) is 8.02. The van der Waals surface area contributed by atoms with E-state index in [1.165, 1.54) is 12.1 Å². The van der Waals surface area contributed by atoms with Crippen LogP contribution in [-0.2, 0) is 11.2 Å². The zero-order chi connectivity index (χ0) is 17.5. The van der Waals surface area contributed by atoms with Gasteiger partial charge in [0.25, 0.3) is 11.8 Å². The van der Waals surface area contributed by atoms with E-state index in [2.05, 4.69) is 10.9 Å². The number of carbonyl (C=O) groups excluding carboxylic acids is 2. The normalized spacial score (nSPS) is 10.1. The summed E-state index contributed by atoms with van der Waals surface area (Å²) in [5.41, 5.74) is 5.61. The molecule has 0 saturated carbocycles. The number of benzene rings is 2. The minimum Gasteiger partial charge on any atom is -0.483 e. The highest BCUT2D eigenvalue weighted by Gasteiger charge is 2.15. The number of ether oxygens (including phenoxy) is 1. The van der Waals surface area contributed by atoms with Gasteiger partial charge in [-0.2, -0.15) is 0 Å². The number of para-hydroxylation sites is 1. The molecule has 0 unspecified atom stereocenters. The molecule has 0 radical (unpaired) electrons. The van der Waals surface area contributed by atoms with Gasteiger partial charge in [0.1, 0.15) is 5.75 Å². The van der Waals surface area contributed by atoms with Crippen LogP contribution in [0.15, 0.2) is 42.5 Å². The van der Waals surface area contributed by atoms with Gasteiger partial charge in [0, 0.05) is 0 Å². The summed E-state index contributed by atoms with van der Waals surface area (Å²) in [4.78, 5) is 23.8. The minimum absolute atomic E-state index is 0.0957. The van der Waals surface area contributed by atoms with E-state index in [1.807, 2.05) is 25.1 Å². The van der Waals surface area contributed by atoms with Crippen LogP contribution in [0.5, 0.6) is 5.75 Å². The van der Waals surface area contributed by atoms with Gasteiger partial charge in [0.15, 0.2) is 6.61 Å². The number of hydrogen-bond donors (Lipinski definition) is 2. The Balaban J connectivity index is 1.88. The fourth-order valence-corrected chi connectivity index (χ4v) is 2.59. The Morgan fingerprint density at radius 3 is 2.33 bits per heavy atom. The van der Waals surface area contributed by atoms with Crippen molar-refractivity contribution in [2.24, 2.45) is 0 Å². The number of hydrazine groups is 1. The zero-order valence-corrected chi connectivity index (χ0v) is 14.4. The second-order valence-electron chi connectivity index (χ2n) is 4.85. The van der Waals surface area contributed by atoms with E-state index in [4.69, 9.17) is 27.9 Å². The lowest BCUT2D eigenvalue weighted by Gasteiger charge is -2.12. The number of amides is 2. The molecule has 126 valence electrons. The van der Waals surface area contributed by atoms with Gasteiger partial charge in [-0.1, -0.05) is 54.4 Å². The van der Waals surface area contributed by atoms with Crippen molar-refractivity contribution in [3.63, 3.8) is 0 Å². The maximum atomic E-state index is 12.0. The highest BCUT2D eigenvalue weighted by molar-refractivity contribution is 6.39. The SMILES string of the molecule is CCc1ccccc1OCC(=O)NNC(=O)c1c(Cl)cccc1Cl. The third-order valence-corrected chi connectivity index (χ3v) is 3.85. The maximum Gasteiger partial charge on any atom is 0.276 e. The van der Waals surface area contributed by atoms with Crippen LogP contribution in [0.4, 0.5) is 0 Å². The number of nitrogens with one attached hydrogen (secondary N) is 2. The number of hydrogen-bond acceptors (Lipinski definition) is 3. The average molecular weight is 367 g/mol. The topological polar surface area (TPSA) is 67.4 Å². The standard InChI is InChI=1S/C17H16Cl2N2O3/c1-2-11-6-3-4-9-14(11)24-10-15(22)20-21-17(23)16-12(18)7-5-8-13(16)19/h3-9H,2,10H2,1H3,(H,20,22)(H,21,23). The largest absolute Gasteiger partial charge is 0.483 e. The monoisotopic (exact) mass is 366 g/mol. The summed E-state index contributed by atoms with van der Waals surface area (Å²) in [6.07, 6.45) is 0.791. The summed E-state index contributed by atoms with van der Waals surface area (Å²) in [7, 11) is 0. The van der Waals surface area contributed by atoms with Crippen molar-refractivity contribution in [1.29, 1.82) is 0 Å². The van der Waals surface area contributed by atoms with E-state index in [0.29, 0.717) is 5.75 Å². The summed E-state index contributed by atoms with van der Waals surface area (Å²) in [6, 6.07) is 12.1. The van der Waals surface area contributed by atoms with Crippen molar-refractivity contribution in [3.05, 3.63) is 63.6 Å². The van der Waals surface area contributed by atoms with Crippen LogP contribution in [0.3, 0.4) is 0 Å². The van der Waals surface area contributed by atoms with E-state index < -0.39 is 11.8 Å². The molecule has 0 fully saturated rings. The highest BCUT2D eigenvalue weighted by Crippen LogP contribution is 2.23. The van der Waals surface area contributed by atoms with Gasteiger partial charge in [-0.3, -0.25) is 20.4 Å². The molecule has 2 N–H and O–H groups in total. The van der Waals surface area contributed by atoms with Crippen LogP contribution in [0, 0.1) is 0 Å². The molecule has 0 aromatic heterocycles. The summed E-state index contributed by atoms with van der Waals surface area (Å²) in [5, 5.41) is 0.393. The summed E-state index contributed by atoms with van der Waals surface area (Å²) in [5.74, 6) is -0.471. The quantitative estimate of drug-likeness (QED) is 0.796. The fourth-order valence-electron chi connectivity index (χ4n) is 2.02. The summed E-state index contributed by atoms with van der Waals surface area (Å²) >= 11 is 11.9. The lowest BCUT2D eigenvalue weighted by atomic mass is 10.1. The first kappa shape index (κ1) is 18.1. The second-order valence-corrected chi connectivity index (χ2v) is 5.66. The van der Waals surface area contributed by atoms with E-state index in [-0.39, 0.29) is 22.2 Å². The predicted molar refractivity (Wildman–Crippen MR) is 93.4 cm³/mol. The lowest BCUT2D eigenvalue weighted by molar-refractivity contribution is -0.123. The number of carbonyl (C=O) groups is 2. The Morgan fingerprint density at radius 2 is 1.67 bits per heavy atom. The smallest absolute Gasteiger partial charge is 0.276 e. The molecule has 2 rings (SSSR count). The molecule has 0 spiro atoms. The minimum atomic E-state index is -0.604. The molecule has 2 aromatic carbocycles. The molecule has 7 heteroatoms. The van der Waals surface area contributed by atoms with Crippen LogP contribution < -0.4 is 15.6 Å². The van der Waals surface area contributed by atoms with Gasteiger partial charge in [-0.25, -0.2) is 0 Å². The Morgan fingerprint density at radius 1 is 1.00 bits per heavy atom. The van der Waals surface area contributed by atoms with Gasteiger partial charge in [0.2, 0.25) is 0 Å². The van der Waals surface area contributed by atoms with Gasteiger partial charge >= 0.3 is 0 Å². The maximum absolute atomic E-state index is 12.0. The molecule has 0 saturated heterocycles. The highest BCUT2D eigenvalue weighted by atomic mass is 35.5. The van der Waals surface area contributed by atoms with E-state index >= 15 is 0 Å². The zero-order valence-electron chi connectivity index (χ0n) is 12.9. The molecule has 5 nitrogen and oxygen atoms in total. The Bertz CT molecular complexity index is 730. The van der Waals surface area contributed by atoms with Crippen molar-refractivity contribution in [2.75, 3.05) is 6.61 Å². The molecule has 0 aliphatic carbocycles.